The number of rotatable bonds is 3. The second-order valence-corrected chi connectivity index (χ2v) is 3.20. The van der Waals surface area contributed by atoms with Crippen LogP contribution in [0.25, 0.3) is 0 Å². The topological polar surface area (TPSA) is 64.1 Å². The molecular weight excluding hydrogens is 253 g/mol. The average Bonchev–Trinajstić information content (AvgIpc) is 2.02. The fraction of sp³-hybridized carbons (Fsp3) is 0.143. The Balaban J connectivity index is 4.49. The van der Waals surface area contributed by atoms with Crippen molar-refractivity contribution in [2.45, 2.75) is 6.92 Å². The number of hydrogen-bond acceptors (Lipinski definition) is 3. The van der Waals surface area contributed by atoms with E-state index in [2.05, 4.69) is 34.6 Å². The van der Waals surface area contributed by atoms with Gasteiger partial charge in [0.2, 0.25) is 0 Å². The van der Waals surface area contributed by atoms with Gasteiger partial charge in [-0.1, -0.05) is 12.7 Å². The zero-order valence-electron chi connectivity index (χ0n) is 6.39. The van der Waals surface area contributed by atoms with Crippen LogP contribution < -0.4 is 17.0 Å². The van der Waals surface area contributed by atoms with Crippen LogP contribution in [0.1, 0.15) is 6.92 Å². The summed E-state index contributed by atoms with van der Waals surface area (Å²) in [5, 5.41) is 0. The minimum absolute atomic E-state index is 0.622. The smallest absolute Gasteiger partial charge is 0.0528 e. The van der Waals surface area contributed by atoms with Gasteiger partial charge >= 0.3 is 0 Å². The van der Waals surface area contributed by atoms with E-state index >= 15 is 0 Å². The molecule has 0 aromatic rings. The molecule has 0 rings (SSSR count). The Morgan fingerprint density at radius 1 is 1.64 bits per heavy atom. The van der Waals surface area contributed by atoms with Crippen molar-refractivity contribution >= 4 is 22.6 Å². The summed E-state index contributed by atoms with van der Waals surface area (Å²) in [5.41, 5.74) is 9.45. The third-order valence-corrected chi connectivity index (χ3v) is 1.89. The highest BCUT2D eigenvalue weighted by Crippen LogP contribution is 2.09. The monoisotopic (exact) mass is 265 g/mol. The first kappa shape index (κ1) is 10.5. The summed E-state index contributed by atoms with van der Waals surface area (Å²) in [5.74, 6) is 5.14. The van der Waals surface area contributed by atoms with Crippen LogP contribution in [0.3, 0.4) is 0 Å². The number of allylic oxidation sites excluding steroid dienone is 4. The standard InChI is InChI=1S/C7H12IN3/c1-3-6(8)4-7(9)5(2)11-10/h3-4,11H,1,9-10H2,2H3/b6-4+,7-5-. The highest BCUT2D eigenvalue weighted by atomic mass is 127. The molecule has 0 unspecified atom stereocenters. The number of halogens is 1. The van der Waals surface area contributed by atoms with Gasteiger partial charge < -0.3 is 11.2 Å². The molecule has 62 valence electrons. The zero-order valence-corrected chi connectivity index (χ0v) is 8.55. The molecule has 0 aromatic carbocycles. The fourth-order valence-electron chi connectivity index (χ4n) is 0.399. The van der Waals surface area contributed by atoms with E-state index < -0.39 is 0 Å². The fourth-order valence-corrected chi connectivity index (χ4v) is 0.735. The van der Waals surface area contributed by atoms with Crippen molar-refractivity contribution in [3.05, 3.63) is 33.7 Å². The lowest BCUT2D eigenvalue weighted by molar-refractivity contribution is 0.869. The van der Waals surface area contributed by atoms with Crippen molar-refractivity contribution in [3.63, 3.8) is 0 Å². The molecule has 0 radical (unpaired) electrons. The van der Waals surface area contributed by atoms with E-state index in [0.29, 0.717) is 5.70 Å². The van der Waals surface area contributed by atoms with Gasteiger partial charge in [-0.05, 0) is 35.6 Å². The van der Waals surface area contributed by atoms with Gasteiger partial charge in [0, 0.05) is 9.28 Å². The van der Waals surface area contributed by atoms with Crippen molar-refractivity contribution in [1.29, 1.82) is 0 Å². The van der Waals surface area contributed by atoms with Crippen LogP contribution in [0.4, 0.5) is 0 Å². The molecule has 0 aliphatic carbocycles. The normalized spacial score (nSPS) is 13.9. The van der Waals surface area contributed by atoms with Crippen LogP contribution >= 0.6 is 22.6 Å². The summed E-state index contributed by atoms with van der Waals surface area (Å²) in [6.45, 7) is 5.40. The molecule has 0 bridgehead atoms. The third kappa shape index (κ3) is 4.05. The molecule has 0 fully saturated rings. The van der Waals surface area contributed by atoms with Gasteiger partial charge in [-0.25, -0.2) is 0 Å². The first-order chi connectivity index (χ1) is 5.11. The Morgan fingerprint density at radius 2 is 2.18 bits per heavy atom. The van der Waals surface area contributed by atoms with Gasteiger partial charge in [0.1, 0.15) is 0 Å². The van der Waals surface area contributed by atoms with Crippen LogP contribution in [0.2, 0.25) is 0 Å². The van der Waals surface area contributed by atoms with Crippen molar-refractivity contribution in [2.24, 2.45) is 11.6 Å². The second kappa shape index (κ2) is 5.20. The lowest BCUT2D eigenvalue weighted by atomic mass is 10.3. The molecule has 0 aromatic heterocycles. The minimum Gasteiger partial charge on any atom is -0.397 e. The molecule has 0 heterocycles. The maximum absolute atomic E-state index is 5.61. The molecule has 0 saturated carbocycles. The van der Waals surface area contributed by atoms with Crippen LogP contribution in [-0.2, 0) is 0 Å². The van der Waals surface area contributed by atoms with E-state index in [1.165, 1.54) is 0 Å². The van der Waals surface area contributed by atoms with E-state index in [0.717, 1.165) is 9.28 Å². The molecule has 0 spiro atoms. The van der Waals surface area contributed by atoms with Crippen LogP contribution in [0, 0.1) is 0 Å². The van der Waals surface area contributed by atoms with E-state index in [4.69, 9.17) is 11.6 Å². The van der Waals surface area contributed by atoms with Gasteiger partial charge in [0.05, 0.1) is 5.70 Å². The highest BCUT2D eigenvalue weighted by molar-refractivity contribution is 14.1. The van der Waals surface area contributed by atoms with Crippen molar-refractivity contribution in [1.82, 2.24) is 5.43 Å². The number of nitrogens with two attached hydrogens (primary N) is 2. The van der Waals surface area contributed by atoms with Crippen LogP contribution in [-0.4, -0.2) is 0 Å². The largest absolute Gasteiger partial charge is 0.397 e. The lowest BCUT2D eigenvalue weighted by Crippen LogP contribution is -2.22. The maximum atomic E-state index is 5.61. The average molecular weight is 265 g/mol. The summed E-state index contributed by atoms with van der Waals surface area (Å²) in [4.78, 5) is 0. The van der Waals surface area contributed by atoms with Crippen LogP contribution in [0.15, 0.2) is 33.7 Å². The van der Waals surface area contributed by atoms with E-state index in [-0.39, 0.29) is 0 Å². The first-order valence-corrected chi connectivity index (χ1v) is 4.12. The Labute approximate surface area is 80.3 Å². The summed E-state index contributed by atoms with van der Waals surface area (Å²) >= 11 is 2.13. The summed E-state index contributed by atoms with van der Waals surface area (Å²) in [6.07, 6.45) is 3.51. The molecular formula is C7H12IN3. The zero-order chi connectivity index (χ0) is 8.85. The molecule has 0 saturated heterocycles. The summed E-state index contributed by atoms with van der Waals surface area (Å²) in [6, 6.07) is 0. The maximum Gasteiger partial charge on any atom is 0.0528 e. The highest BCUT2D eigenvalue weighted by Gasteiger charge is 1.91. The van der Waals surface area contributed by atoms with E-state index in [9.17, 15) is 0 Å². The van der Waals surface area contributed by atoms with E-state index in [1.807, 2.05) is 0 Å². The van der Waals surface area contributed by atoms with Gasteiger partial charge in [-0.2, -0.15) is 0 Å². The molecule has 4 heteroatoms. The number of hydrogen-bond donors (Lipinski definition) is 3. The summed E-state index contributed by atoms with van der Waals surface area (Å²) < 4.78 is 0.981. The molecule has 0 amide bonds. The number of hydrazine groups is 1. The third-order valence-electron chi connectivity index (χ3n) is 1.14. The van der Waals surface area contributed by atoms with Crippen LogP contribution in [0.5, 0.6) is 0 Å². The SMILES string of the molecule is C=C/C(I)=C\C(N)=C(/C)NN. The molecule has 5 N–H and O–H groups in total. The molecule has 3 nitrogen and oxygen atoms in total. The van der Waals surface area contributed by atoms with Crippen molar-refractivity contribution in [2.75, 3.05) is 0 Å². The predicted octanol–water partition coefficient (Wildman–Crippen LogP) is 1.14. The molecule has 0 atom stereocenters. The lowest BCUT2D eigenvalue weighted by Gasteiger charge is -2.01. The van der Waals surface area contributed by atoms with E-state index in [1.54, 1.807) is 19.1 Å². The summed E-state index contributed by atoms with van der Waals surface area (Å²) in [7, 11) is 0. The minimum atomic E-state index is 0.622. The second-order valence-electron chi connectivity index (χ2n) is 1.96. The molecule has 0 aliphatic heterocycles. The van der Waals surface area contributed by atoms with Gasteiger partial charge in [-0.3, -0.25) is 5.84 Å². The van der Waals surface area contributed by atoms with Gasteiger partial charge in [0.25, 0.3) is 0 Å². The Morgan fingerprint density at radius 3 is 2.55 bits per heavy atom. The van der Waals surface area contributed by atoms with Gasteiger partial charge in [-0.15, -0.1) is 0 Å². The van der Waals surface area contributed by atoms with Gasteiger partial charge in [0.15, 0.2) is 0 Å². The van der Waals surface area contributed by atoms with Crippen molar-refractivity contribution in [3.8, 4) is 0 Å². The Bertz CT molecular complexity index is 206. The van der Waals surface area contributed by atoms with Crippen molar-refractivity contribution < 1.29 is 0 Å². The Kier molecular flexibility index (Phi) is 4.97. The molecule has 11 heavy (non-hydrogen) atoms. The quantitative estimate of drug-likeness (QED) is 0.310. The Hall–Kier alpha value is -0.490. The predicted molar refractivity (Wildman–Crippen MR) is 56.5 cm³/mol. The first-order valence-electron chi connectivity index (χ1n) is 3.04. The molecule has 0 aliphatic rings. The number of nitrogens with one attached hydrogen (secondary N) is 1.